The molecule has 4 rings (SSSR count). The number of amides is 2. The quantitative estimate of drug-likeness (QED) is 0.598. The SMILES string of the molecule is CN[C@@H](C)C(=O)N[C@H]1CCO[C@H]2CC(C)(C)C(C(=O)Nc3ccccc3-c3ncccn3)N2C1. The Kier molecular flexibility index (Phi) is 7.25. The molecular weight excluding hydrogens is 432 g/mol. The minimum absolute atomic E-state index is 0.0535. The van der Waals surface area contributed by atoms with Crippen molar-refractivity contribution >= 4 is 17.5 Å². The monoisotopic (exact) mass is 466 g/mol. The van der Waals surface area contributed by atoms with E-state index >= 15 is 0 Å². The number of fused-ring (bicyclic) bond motifs is 1. The van der Waals surface area contributed by atoms with Crippen LogP contribution in [-0.2, 0) is 14.3 Å². The van der Waals surface area contributed by atoms with Gasteiger partial charge in [0, 0.05) is 30.5 Å². The molecule has 2 fully saturated rings. The average molecular weight is 467 g/mol. The molecule has 182 valence electrons. The number of benzene rings is 1. The third-order valence-corrected chi connectivity index (χ3v) is 6.76. The molecule has 0 bridgehead atoms. The second-order valence-electron chi connectivity index (χ2n) is 9.73. The van der Waals surface area contributed by atoms with Crippen LogP contribution in [0.3, 0.4) is 0 Å². The molecule has 2 aliphatic rings. The van der Waals surface area contributed by atoms with Crippen LogP contribution < -0.4 is 16.0 Å². The lowest BCUT2D eigenvalue weighted by molar-refractivity contribution is -0.125. The first-order chi connectivity index (χ1) is 16.3. The Bertz CT molecular complexity index is 1010. The largest absolute Gasteiger partial charge is 0.363 e. The van der Waals surface area contributed by atoms with Crippen LogP contribution in [0.2, 0.25) is 0 Å². The van der Waals surface area contributed by atoms with Gasteiger partial charge in [0.2, 0.25) is 11.8 Å². The lowest BCUT2D eigenvalue weighted by Crippen LogP contribution is -2.54. The summed E-state index contributed by atoms with van der Waals surface area (Å²) in [7, 11) is 1.76. The van der Waals surface area contributed by atoms with Crippen molar-refractivity contribution in [2.24, 2.45) is 5.41 Å². The lowest BCUT2D eigenvalue weighted by Gasteiger charge is -2.33. The Hall–Kier alpha value is -2.88. The fourth-order valence-corrected chi connectivity index (χ4v) is 4.87. The van der Waals surface area contributed by atoms with Crippen LogP contribution in [0, 0.1) is 5.41 Å². The molecule has 0 aliphatic carbocycles. The minimum Gasteiger partial charge on any atom is -0.363 e. The maximum absolute atomic E-state index is 13.7. The van der Waals surface area contributed by atoms with Gasteiger partial charge in [-0.3, -0.25) is 14.5 Å². The highest BCUT2D eigenvalue weighted by Gasteiger charge is 2.52. The number of likely N-dealkylation sites (N-methyl/N-ethyl adjacent to an activating group) is 1. The molecule has 2 aromatic rings. The van der Waals surface area contributed by atoms with E-state index in [1.165, 1.54) is 0 Å². The van der Waals surface area contributed by atoms with E-state index in [0.717, 1.165) is 12.0 Å². The molecule has 2 saturated heterocycles. The molecule has 3 heterocycles. The van der Waals surface area contributed by atoms with Crippen molar-refractivity contribution in [3.63, 3.8) is 0 Å². The average Bonchev–Trinajstić information content (AvgIpc) is 2.94. The van der Waals surface area contributed by atoms with Crippen LogP contribution in [0.5, 0.6) is 0 Å². The van der Waals surface area contributed by atoms with E-state index < -0.39 is 6.04 Å². The molecule has 2 aliphatic heterocycles. The Morgan fingerprint density at radius 1 is 1.18 bits per heavy atom. The van der Waals surface area contributed by atoms with Crippen LogP contribution in [0.1, 0.15) is 33.6 Å². The number of para-hydroxylation sites is 1. The second-order valence-corrected chi connectivity index (χ2v) is 9.73. The number of aromatic nitrogens is 2. The van der Waals surface area contributed by atoms with E-state index in [2.05, 4.69) is 44.7 Å². The predicted octanol–water partition coefficient (Wildman–Crippen LogP) is 2.02. The second kappa shape index (κ2) is 10.2. The highest BCUT2D eigenvalue weighted by atomic mass is 16.5. The number of anilines is 1. The molecule has 4 atom stereocenters. The van der Waals surface area contributed by atoms with Crippen LogP contribution >= 0.6 is 0 Å². The van der Waals surface area contributed by atoms with Gasteiger partial charge in [-0.05, 0) is 50.4 Å². The normalized spacial score (nSPS) is 25.1. The van der Waals surface area contributed by atoms with Gasteiger partial charge in [0.05, 0.1) is 24.4 Å². The van der Waals surface area contributed by atoms with Gasteiger partial charge in [-0.25, -0.2) is 9.97 Å². The Morgan fingerprint density at radius 3 is 2.65 bits per heavy atom. The van der Waals surface area contributed by atoms with E-state index in [1.807, 2.05) is 31.2 Å². The number of carbonyl (C=O) groups is 2. The van der Waals surface area contributed by atoms with Gasteiger partial charge < -0.3 is 20.7 Å². The zero-order valence-corrected chi connectivity index (χ0v) is 20.2. The summed E-state index contributed by atoms with van der Waals surface area (Å²) in [5.74, 6) is 0.402. The summed E-state index contributed by atoms with van der Waals surface area (Å²) in [5, 5.41) is 9.22. The van der Waals surface area contributed by atoms with Crippen molar-refractivity contribution in [2.45, 2.75) is 58.0 Å². The maximum Gasteiger partial charge on any atom is 0.242 e. The summed E-state index contributed by atoms with van der Waals surface area (Å²) in [6.45, 7) is 7.11. The van der Waals surface area contributed by atoms with Gasteiger partial charge in [-0.1, -0.05) is 26.0 Å². The summed E-state index contributed by atoms with van der Waals surface area (Å²) < 4.78 is 6.14. The molecule has 1 aromatic carbocycles. The topological polar surface area (TPSA) is 108 Å². The first kappa shape index (κ1) is 24.3. The highest BCUT2D eigenvalue weighted by Crippen LogP contribution is 2.42. The molecule has 34 heavy (non-hydrogen) atoms. The Labute approximate surface area is 200 Å². The van der Waals surface area contributed by atoms with Gasteiger partial charge in [0.15, 0.2) is 5.82 Å². The molecule has 1 aromatic heterocycles. The molecule has 0 saturated carbocycles. The number of nitrogens with one attached hydrogen (secondary N) is 3. The first-order valence-corrected chi connectivity index (χ1v) is 11.8. The Morgan fingerprint density at radius 2 is 1.91 bits per heavy atom. The van der Waals surface area contributed by atoms with Crippen LogP contribution in [0.25, 0.3) is 11.4 Å². The molecule has 9 heteroatoms. The van der Waals surface area contributed by atoms with Crippen molar-refractivity contribution in [1.82, 2.24) is 25.5 Å². The lowest BCUT2D eigenvalue weighted by atomic mass is 9.83. The van der Waals surface area contributed by atoms with Crippen molar-refractivity contribution in [2.75, 3.05) is 25.5 Å². The predicted molar refractivity (Wildman–Crippen MR) is 130 cm³/mol. The van der Waals surface area contributed by atoms with Gasteiger partial charge in [-0.2, -0.15) is 0 Å². The summed E-state index contributed by atoms with van der Waals surface area (Å²) in [4.78, 5) is 37.0. The fraction of sp³-hybridized carbons (Fsp3) is 0.520. The number of ether oxygens (including phenoxy) is 1. The Balaban J connectivity index is 1.56. The van der Waals surface area contributed by atoms with Crippen LogP contribution in [0.15, 0.2) is 42.7 Å². The van der Waals surface area contributed by atoms with Crippen molar-refractivity contribution < 1.29 is 14.3 Å². The molecule has 0 radical (unpaired) electrons. The fourth-order valence-electron chi connectivity index (χ4n) is 4.87. The number of carbonyl (C=O) groups excluding carboxylic acids is 2. The molecular formula is C25H34N6O3. The van der Waals surface area contributed by atoms with Gasteiger partial charge >= 0.3 is 0 Å². The van der Waals surface area contributed by atoms with E-state index in [1.54, 1.807) is 25.5 Å². The van der Waals surface area contributed by atoms with Crippen molar-refractivity contribution in [3.8, 4) is 11.4 Å². The summed E-state index contributed by atoms with van der Waals surface area (Å²) in [6.07, 6.45) is 4.65. The molecule has 2 amide bonds. The molecule has 9 nitrogen and oxygen atoms in total. The van der Waals surface area contributed by atoms with Crippen molar-refractivity contribution in [3.05, 3.63) is 42.7 Å². The highest BCUT2D eigenvalue weighted by molar-refractivity contribution is 5.98. The van der Waals surface area contributed by atoms with E-state index in [9.17, 15) is 9.59 Å². The number of hydrogen-bond donors (Lipinski definition) is 3. The van der Waals surface area contributed by atoms with Gasteiger partial charge in [0.25, 0.3) is 0 Å². The zero-order chi connectivity index (χ0) is 24.3. The molecule has 1 unspecified atom stereocenters. The summed E-state index contributed by atoms with van der Waals surface area (Å²) in [5.41, 5.74) is 1.13. The van der Waals surface area contributed by atoms with E-state index in [-0.39, 0.29) is 35.5 Å². The third kappa shape index (κ3) is 5.11. The standard InChI is InChI=1S/C25H34N6O3/c1-16(26-4)23(32)29-17-10-13-34-20-14-25(2,3)21(31(20)15-17)24(33)30-19-9-6-5-8-18(19)22-27-11-7-12-28-22/h5-9,11-12,16-17,20-21,26H,10,13-15H2,1-4H3,(H,29,32)(H,30,33)/t16-,17-,20-,21?/m0/s1. The smallest absolute Gasteiger partial charge is 0.242 e. The van der Waals surface area contributed by atoms with Crippen LogP contribution in [0.4, 0.5) is 5.69 Å². The number of rotatable bonds is 6. The first-order valence-electron chi connectivity index (χ1n) is 11.8. The van der Waals surface area contributed by atoms with E-state index in [4.69, 9.17) is 4.74 Å². The van der Waals surface area contributed by atoms with Gasteiger partial charge in [0.1, 0.15) is 6.23 Å². The summed E-state index contributed by atoms with van der Waals surface area (Å²) in [6, 6.07) is 8.52. The van der Waals surface area contributed by atoms with Gasteiger partial charge in [-0.15, -0.1) is 0 Å². The minimum atomic E-state index is -0.415. The number of nitrogens with zero attached hydrogens (tertiary/aromatic N) is 3. The molecule has 3 N–H and O–H groups in total. The van der Waals surface area contributed by atoms with Crippen molar-refractivity contribution in [1.29, 1.82) is 0 Å². The van der Waals surface area contributed by atoms with E-state index in [0.29, 0.717) is 31.1 Å². The number of hydrogen-bond acceptors (Lipinski definition) is 7. The molecule has 0 spiro atoms. The maximum atomic E-state index is 13.7. The zero-order valence-electron chi connectivity index (χ0n) is 20.2. The third-order valence-electron chi connectivity index (χ3n) is 6.76. The summed E-state index contributed by atoms with van der Waals surface area (Å²) >= 11 is 0. The van der Waals surface area contributed by atoms with Crippen LogP contribution in [-0.4, -0.2) is 71.2 Å².